The summed E-state index contributed by atoms with van der Waals surface area (Å²) in [7, 11) is 0. The lowest BCUT2D eigenvalue weighted by atomic mass is 10.2. The van der Waals surface area contributed by atoms with E-state index in [0.717, 1.165) is 12.0 Å². The van der Waals surface area contributed by atoms with Crippen LogP contribution in [0.4, 0.5) is 0 Å². The Labute approximate surface area is 118 Å². The molecule has 0 aliphatic rings. The molecule has 6 heteroatoms. The van der Waals surface area contributed by atoms with E-state index in [1.54, 1.807) is 4.90 Å². The standard InChI is InChI=1S/C14H19N5O/c1-2-12-16-13(18-17-12)14(20)19(9-8-15)10-11-6-4-3-5-7-11/h3-7H,2,8-10,15H2,1H3,(H,16,17,18). The molecular formula is C14H19N5O. The maximum Gasteiger partial charge on any atom is 0.293 e. The summed E-state index contributed by atoms with van der Waals surface area (Å²) in [4.78, 5) is 18.2. The highest BCUT2D eigenvalue weighted by Gasteiger charge is 2.19. The summed E-state index contributed by atoms with van der Waals surface area (Å²) in [6.07, 6.45) is 0.718. The first-order valence-electron chi connectivity index (χ1n) is 6.69. The van der Waals surface area contributed by atoms with Crippen molar-refractivity contribution in [2.45, 2.75) is 19.9 Å². The van der Waals surface area contributed by atoms with Crippen LogP contribution in [0.5, 0.6) is 0 Å². The fourth-order valence-corrected chi connectivity index (χ4v) is 1.90. The van der Waals surface area contributed by atoms with Gasteiger partial charge in [-0.05, 0) is 5.56 Å². The number of nitrogens with one attached hydrogen (secondary N) is 1. The summed E-state index contributed by atoms with van der Waals surface area (Å²) >= 11 is 0. The van der Waals surface area contributed by atoms with E-state index in [1.165, 1.54) is 0 Å². The van der Waals surface area contributed by atoms with E-state index >= 15 is 0 Å². The quantitative estimate of drug-likeness (QED) is 0.821. The molecule has 0 radical (unpaired) electrons. The van der Waals surface area contributed by atoms with Crippen LogP contribution in [0.2, 0.25) is 0 Å². The molecule has 0 aliphatic heterocycles. The summed E-state index contributed by atoms with van der Waals surface area (Å²) in [5.41, 5.74) is 6.64. The number of hydrogen-bond donors (Lipinski definition) is 2. The summed E-state index contributed by atoms with van der Waals surface area (Å²) < 4.78 is 0. The predicted octanol–water partition coefficient (Wildman–Crippen LogP) is 0.968. The molecule has 0 saturated heterocycles. The van der Waals surface area contributed by atoms with Gasteiger partial charge in [0.1, 0.15) is 5.82 Å². The number of carbonyl (C=O) groups excluding carboxylic acids is 1. The van der Waals surface area contributed by atoms with Crippen molar-refractivity contribution in [2.24, 2.45) is 5.73 Å². The maximum absolute atomic E-state index is 12.4. The van der Waals surface area contributed by atoms with Crippen LogP contribution in [0.1, 0.15) is 28.9 Å². The van der Waals surface area contributed by atoms with Crippen molar-refractivity contribution in [1.82, 2.24) is 20.1 Å². The molecule has 0 unspecified atom stereocenters. The molecule has 0 saturated carbocycles. The average Bonchev–Trinajstić information content (AvgIpc) is 2.96. The zero-order valence-corrected chi connectivity index (χ0v) is 11.5. The second-order valence-corrected chi connectivity index (χ2v) is 4.46. The molecule has 0 spiro atoms. The summed E-state index contributed by atoms with van der Waals surface area (Å²) in [5.74, 6) is 0.710. The van der Waals surface area contributed by atoms with Gasteiger partial charge < -0.3 is 10.6 Å². The van der Waals surface area contributed by atoms with Crippen molar-refractivity contribution in [1.29, 1.82) is 0 Å². The van der Waals surface area contributed by atoms with E-state index in [-0.39, 0.29) is 11.7 Å². The maximum atomic E-state index is 12.4. The van der Waals surface area contributed by atoms with Crippen LogP contribution < -0.4 is 5.73 Å². The van der Waals surface area contributed by atoms with Gasteiger partial charge in [0, 0.05) is 26.1 Å². The van der Waals surface area contributed by atoms with Gasteiger partial charge in [0.2, 0.25) is 5.82 Å². The number of carbonyl (C=O) groups is 1. The first kappa shape index (κ1) is 14.2. The van der Waals surface area contributed by atoms with Gasteiger partial charge in [0.15, 0.2) is 0 Å². The smallest absolute Gasteiger partial charge is 0.293 e. The highest BCUT2D eigenvalue weighted by molar-refractivity contribution is 5.90. The van der Waals surface area contributed by atoms with Crippen LogP contribution in [0, 0.1) is 0 Å². The van der Waals surface area contributed by atoms with Gasteiger partial charge >= 0.3 is 0 Å². The molecule has 1 aromatic carbocycles. The SMILES string of the molecule is CCc1nc(C(=O)N(CCN)Cc2ccccc2)n[nH]1. The Kier molecular flexibility index (Phi) is 4.84. The molecule has 2 aromatic rings. The van der Waals surface area contributed by atoms with Crippen molar-refractivity contribution in [3.8, 4) is 0 Å². The Hall–Kier alpha value is -2.21. The normalized spacial score (nSPS) is 10.5. The van der Waals surface area contributed by atoms with Gasteiger partial charge in [-0.2, -0.15) is 0 Å². The lowest BCUT2D eigenvalue weighted by molar-refractivity contribution is 0.0736. The van der Waals surface area contributed by atoms with Gasteiger partial charge in [0.25, 0.3) is 5.91 Å². The third-order valence-corrected chi connectivity index (χ3v) is 2.96. The highest BCUT2D eigenvalue weighted by Crippen LogP contribution is 2.07. The topological polar surface area (TPSA) is 87.9 Å². The fourth-order valence-electron chi connectivity index (χ4n) is 1.90. The number of amides is 1. The van der Waals surface area contributed by atoms with Gasteiger partial charge in [-0.1, -0.05) is 37.3 Å². The van der Waals surface area contributed by atoms with Crippen LogP contribution >= 0.6 is 0 Å². The fraction of sp³-hybridized carbons (Fsp3) is 0.357. The van der Waals surface area contributed by atoms with E-state index < -0.39 is 0 Å². The second-order valence-electron chi connectivity index (χ2n) is 4.46. The zero-order valence-electron chi connectivity index (χ0n) is 11.5. The van der Waals surface area contributed by atoms with Crippen LogP contribution in [0.3, 0.4) is 0 Å². The minimum Gasteiger partial charge on any atom is -0.330 e. The third-order valence-electron chi connectivity index (χ3n) is 2.96. The predicted molar refractivity (Wildman–Crippen MR) is 76.0 cm³/mol. The Morgan fingerprint density at radius 3 is 2.70 bits per heavy atom. The number of aryl methyl sites for hydroxylation is 1. The molecule has 1 heterocycles. The summed E-state index contributed by atoms with van der Waals surface area (Å²) in [6, 6.07) is 9.80. The Morgan fingerprint density at radius 2 is 2.10 bits per heavy atom. The molecule has 6 nitrogen and oxygen atoms in total. The van der Waals surface area contributed by atoms with Crippen molar-refractivity contribution in [3.05, 3.63) is 47.5 Å². The molecule has 2 rings (SSSR count). The van der Waals surface area contributed by atoms with Crippen LogP contribution in [-0.4, -0.2) is 39.1 Å². The second kappa shape index (κ2) is 6.81. The lowest BCUT2D eigenvalue weighted by Crippen LogP contribution is -2.35. The molecule has 0 fully saturated rings. The molecule has 1 amide bonds. The first-order valence-corrected chi connectivity index (χ1v) is 6.69. The number of H-pyrrole nitrogens is 1. The van der Waals surface area contributed by atoms with E-state index in [4.69, 9.17) is 5.73 Å². The van der Waals surface area contributed by atoms with Crippen LogP contribution in [-0.2, 0) is 13.0 Å². The number of nitrogens with zero attached hydrogens (tertiary/aromatic N) is 3. The van der Waals surface area contributed by atoms with Gasteiger partial charge in [-0.3, -0.25) is 9.89 Å². The molecule has 0 bridgehead atoms. The number of aromatic amines is 1. The molecular weight excluding hydrogens is 254 g/mol. The molecule has 3 N–H and O–H groups in total. The summed E-state index contributed by atoms with van der Waals surface area (Å²) in [5, 5.41) is 6.72. The van der Waals surface area contributed by atoms with Crippen molar-refractivity contribution in [2.75, 3.05) is 13.1 Å². The van der Waals surface area contributed by atoms with Crippen molar-refractivity contribution < 1.29 is 4.79 Å². The molecule has 1 aromatic heterocycles. The first-order chi connectivity index (χ1) is 9.74. The zero-order chi connectivity index (χ0) is 14.4. The van der Waals surface area contributed by atoms with E-state index in [9.17, 15) is 4.79 Å². The molecule has 0 atom stereocenters. The monoisotopic (exact) mass is 273 g/mol. The van der Waals surface area contributed by atoms with E-state index in [2.05, 4.69) is 15.2 Å². The number of hydrogen-bond acceptors (Lipinski definition) is 4. The highest BCUT2D eigenvalue weighted by atomic mass is 16.2. The van der Waals surface area contributed by atoms with Crippen molar-refractivity contribution >= 4 is 5.91 Å². The van der Waals surface area contributed by atoms with Crippen LogP contribution in [0.15, 0.2) is 30.3 Å². The third kappa shape index (κ3) is 3.42. The number of benzene rings is 1. The van der Waals surface area contributed by atoms with Crippen LogP contribution in [0.25, 0.3) is 0 Å². The Bertz CT molecular complexity index is 552. The average molecular weight is 273 g/mol. The van der Waals surface area contributed by atoms with E-state index in [1.807, 2.05) is 37.3 Å². The Morgan fingerprint density at radius 1 is 1.35 bits per heavy atom. The molecule has 106 valence electrons. The Balaban J connectivity index is 2.13. The molecule has 20 heavy (non-hydrogen) atoms. The minimum absolute atomic E-state index is 0.199. The van der Waals surface area contributed by atoms with Gasteiger partial charge in [-0.15, -0.1) is 5.10 Å². The summed E-state index contributed by atoms with van der Waals surface area (Å²) in [6.45, 7) is 3.34. The van der Waals surface area contributed by atoms with Crippen molar-refractivity contribution in [3.63, 3.8) is 0 Å². The number of nitrogens with two attached hydrogens (primary N) is 1. The van der Waals surface area contributed by atoms with Gasteiger partial charge in [-0.25, -0.2) is 4.98 Å². The van der Waals surface area contributed by atoms with E-state index in [0.29, 0.717) is 25.5 Å². The number of rotatable bonds is 6. The van der Waals surface area contributed by atoms with Gasteiger partial charge in [0.05, 0.1) is 0 Å². The molecule has 0 aliphatic carbocycles. The lowest BCUT2D eigenvalue weighted by Gasteiger charge is -2.20. The minimum atomic E-state index is -0.199. The number of aromatic nitrogens is 3. The largest absolute Gasteiger partial charge is 0.330 e.